The highest BCUT2D eigenvalue weighted by atomic mass is 16.7. The summed E-state index contributed by atoms with van der Waals surface area (Å²) >= 11 is 0. The van der Waals surface area contributed by atoms with Crippen LogP contribution in [-0.4, -0.2) is 142 Å². The molecule has 2 heterocycles. The lowest BCUT2D eigenvalue weighted by atomic mass is 9.98. The zero-order valence-electron chi connectivity index (χ0n) is 37.9. The van der Waals surface area contributed by atoms with E-state index in [2.05, 4.69) is 13.8 Å². The molecule has 362 valence electrons. The highest BCUT2D eigenvalue weighted by Crippen LogP contribution is 2.26. The molecular weight excluding hydrogens is 805 g/mol. The first-order valence-electron chi connectivity index (χ1n) is 24.0. The maximum Gasteiger partial charge on any atom is 0.330 e. The molecule has 0 radical (unpaired) electrons. The van der Waals surface area contributed by atoms with Gasteiger partial charge in [-0.25, -0.2) is 4.79 Å². The molecule has 2 aliphatic heterocycles. The van der Waals surface area contributed by atoms with Gasteiger partial charge in [-0.2, -0.15) is 0 Å². The van der Waals surface area contributed by atoms with E-state index >= 15 is 0 Å². The Balaban J connectivity index is 1.87. The van der Waals surface area contributed by atoms with E-state index in [0.717, 1.165) is 32.1 Å². The fourth-order valence-electron chi connectivity index (χ4n) is 7.54. The number of allylic oxidation sites excluding steroid dienone is 3. The van der Waals surface area contributed by atoms with Crippen LogP contribution in [0.1, 0.15) is 168 Å². The lowest BCUT2D eigenvalue weighted by Crippen LogP contribution is -2.61. The van der Waals surface area contributed by atoms with Crippen molar-refractivity contribution in [1.82, 2.24) is 0 Å². The minimum atomic E-state index is -1.77. The third kappa shape index (κ3) is 23.8. The van der Waals surface area contributed by atoms with Gasteiger partial charge in [-0.3, -0.25) is 4.79 Å². The van der Waals surface area contributed by atoms with E-state index in [1.165, 1.54) is 115 Å². The topological polar surface area (TPSA) is 231 Å². The van der Waals surface area contributed by atoms with Crippen LogP contribution in [0.3, 0.4) is 0 Å². The number of carbonyl (C=O) groups is 2. The van der Waals surface area contributed by atoms with Crippen LogP contribution in [-0.2, 0) is 38.0 Å². The molecule has 0 aliphatic carbocycles. The van der Waals surface area contributed by atoms with Crippen LogP contribution >= 0.6 is 0 Å². The van der Waals surface area contributed by atoms with Gasteiger partial charge in [0, 0.05) is 12.5 Å². The summed E-state index contributed by atoms with van der Waals surface area (Å²) in [5.41, 5.74) is 0. The van der Waals surface area contributed by atoms with Gasteiger partial charge in [0.2, 0.25) is 0 Å². The summed E-state index contributed by atoms with van der Waals surface area (Å²) in [6, 6.07) is 0. The Morgan fingerprint density at radius 3 is 1.55 bits per heavy atom. The Morgan fingerprint density at radius 2 is 1.02 bits per heavy atom. The molecule has 0 saturated carbocycles. The average molecular weight is 889 g/mol. The highest BCUT2D eigenvalue weighted by Gasteiger charge is 2.47. The standard InChI is InChI=1S/C47H84O15/c1-3-5-7-9-11-13-15-16-17-18-20-21-23-25-27-29-38(49)57-32-35(60-39(50)30-28-26-24-22-19-14-12-10-8-6-4-2)33-58-46-45(56)43(54)41(52)37(62-46)34-59-47-44(55)42(53)40(51)36(31-48)61-47/h23,25,27,29,35-37,40-48,51-56H,3-22,24,26,28,30-34H2,1-2H3/b25-23+,29-27+/t35-,36-,37-,40+,41+,42?,43?,44?,45?,46-,47-/m1/s1. The van der Waals surface area contributed by atoms with Gasteiger partial charge in [-0.1, -0.05) is 160 Å². The minimum Gasteiger partial charge on any atom is -0.458 e. The average Bonchev–Trinajstić information content (AvgIpc) is 3.26. The first kappa shape index (κ1) is 56.1. The molecule has 2 saturated heterocycles. The summed E-state index contributed by atoms with van der Waals surface area (Å²) in [5, 5.41) is 71.8. The van der Waals surface area contributed by atoms with Crippen molar-refractivity contribution in [3.05, 3.63) is 24.3 Å². The first-order chi connectivity index (χ1) is 30.0. The number of esters is 2. The summed E-state index contributed by atoms with van der Waals surface area (Å²) in [6.45, 7) is 2.45. The molecule has 0 bridgehead atoms. The number of carbonyl (C=O) groups excluding carboxylic acids is 2. The number of hydrogen-bond acceptors (Lipinski definition) is 15. The van der Waals surface area contributed by atoms with Crippen molar-refractivity contribution in [3.8, 4) is 0 Å². The van der Waals surface area contributed by atoms with E-state index in [4.69, 9.17) is 28.4 Å². The third-order valence-electron chi connectivity index (χ3n) is 11.5. The number of aliphatic hydroxyl groups is 7. The maximum atomic E-state index is 12.9. The van der Waals surface area contributed by atoms with Gasteiger partial charge >= 0.3 is 11.9 Å². The molecule has 0 aromatic rings. The van der Waals surface area contributed by atoms with Crippen molar-refractivity contribution in [3.63, 3.8) is 0 Å². The fraction of sp³-hybridized carbons (Fsp3) is 0.872. The lowest BCUT2D eigenvalue weighted by molar-refractivity contribution is -0.332. The molecule has 0 aromatic heterocycles. The van der Waals surface area contributed by atoms with Crippen molar-refractivity contribution >= 4 is 11.9 Å². The minimum absolute atomic E-state index is 0.149. The molecule has 2 aliphatic rings. The SMILES string of the molecule is CCCCCCCCCCCCC/C=C/C=C/C(=O)OC[C@H](CO[C@@H]1O[C@H](CO[C@@H]2O[C@H](CO)[C@H](O)C(O)C2O)[C@H](O)C(O)C1O)OC(=O)CCCCCCCCCCCCC. The van der Waals surface area contributed by atoms with Gasteiger partial charge in [0.15, 0.2) is 18.7 Å². The van der Waals surface area contributed by atoms with Gasteiger partial charge < -0.3 is 64.2 Å². The van der Waals surface area contributed by atoms with Crippen molar-refractivity contribution in [2.45, 2.75) is 235 Å². The molecule has 62 heavy (non-hydrogen) atoms. The number of ether oxygens (including phenoxy) is 6. The van der Waals surface area contributed by atoms with E-state index < -0.39 is 99.3 Å². The van der Waals surface area contributed by atoms with Crippen LogP contribution < -0.4 is 0 Å². The molecule has 0 spiro atoms. The van der Waals surface area contributed by atoms with Crippen LogP contribution in [0.4, 0.5) is 0 Å². The molecule has 7 N–H and O–H groups in total. The maximum absolute atomic E-state index is 12.9. The summed E-state index contributed by atoms with van der Waals surface area (Å²) in [6.07, 6.45) is 17.1. The van der Waals surface area contributed by atoms with Crippen LogP contribution in [0.25, 0.3) is 0 Å². The van der Waals surface area contributed by atoms with Gasteiger partial charge in [0.1, 0.15) is 55.4 Å². The van der Waals surface area contributed by atoms with Crippen molar-refractivity contribution in [2.24, 2.45) is 0 Å². The molecule has 2 fully saturated rings. The summed E-state index contributed by atoms with van der Waals surface area (Å²) < 4.78 is 33.3. The van der Waals surface area contributed by atoms with Crippen LogP contribution in [0, 0.1) is 0 Å². The first-order valence-corrected chi connectivity index (χ1v) is 24.0. The van der Waals surface area contributed by atoms with Gasteiger partial charge in [0.25, 0.3) is 0 Å². The van der Waals surface area contributed by atoms with E-state index in [0.29, 0.717) is 6.42 Å². The molecule has 11 atom stereocenters. The van der Waals surface area contributed by atoms with Crippen molar-refractivity contribution < 1.29 is 73.8 Å². The van der Waals surface area contributed by atoms with Crippen LogP contribution in [0.5, 0.6) is 0 Å². The summed E-state index contributed by atoms with van der Waals surface area (Å²) in [5.74, 6) is -1.17. The number of rotatable bonds is 36. The highest BCUT2D eigenvalue weighted by molar-refractivity contribution is 5.82. The fourth-order valence-corrected chi connectivity index (χ4v) is 7.54. The zero-order chi connectivity index (χ0) is 45.4. The zero-order valence-corrected chi connectivity index (χ0v) is 37.9. The Kier molecular flexibility index (Phi) is 31.9. The third-order valence-corrected chi connectivity index (χ3v) is 11.5. The van der Waals surface area contributed by atoms with Crippen molar-refractivity contribution in [2.75, 3.05) is 26.4 Å². The Labute approximate surface area is 371 Å². The van der Waals surface area contributed by atoms with Crippen LogP contribution in [0.2, 0.25) is 0 Å². The molecular formula is C47H84O15. The lowest BCUT2D eigenvalue weighted by Gasteiger charge is -2.42. The monoisotopic (exact) mass is 889 g/mol. The second-order valence-corrected chi connectivity index (χ2v) is 17.0. The van der Waals surface area contributed by atoms with E-state index in [-0.39, 0.29) is 13.0 Å². The van der Waals surface area contributed by atoms with E-state index in [9.17, 15) is 45.3 Å². The smallest absolute Gasteiger partial charge is 0.330 e. The van der Waals surface area contributed by atoms with Gasteiger partial charge in [-0.05, 0) is 19.3 Å². The Bertz CT molecular complexity index is 1180. The number of hydrogen-bond donors (Lipinski definition) is 7. The number of unbranched alkanes of at least 4 members (excludes halogenated alkanes) is 21. The van der Waals surface area contributed by atoms with E-state index in [1.807, 2.05) is 6.08 Å². The predicted octanol–water partition coefficient (Wildman–Crippen LogP) is 5.60. The van der Waals surface area contributed by atoms with Gasteiger partial charge in [-0.15, -0.1) is 0 Å². The Hall–Kier alpha value is -2.02. The molecule has 4 unspecified atom stereocenters. The normalized spacial score (nSPS) is 27.2. The Morgan fingerprint density at radius 1 is 0.548 bits per heavy atom. The second-order valence-electron chi connectivity index (χ2n) is 17.0. The summed E-state index contributed by atoms with van der Waals surface area (Å²) in [7, 11) is 0. The number of aliphatic hydroxyl groups excluding tert-OH is 7. The summed E-state index contributed by atoms with van der Waals surface area (Å²) in [4.78, 5) is 25.5. The van der Waals surface area contributed by atoms with Crippen molar-refractivity contribution in [1.29, 1.82) is 0 Å². The van der Waals surface area contributed by atoms with E-state index in [1.54, 1.807) is 12.2 Å². The largest absolute Gasteiger partial charge is 0.458 e. The van der Waals surface area contributed by atoms with Gasteiger partial charge in [0.05, 0.1) is 19.8 Å². The quantitative estimate of drug-likeness (QED) is 0.0176. The molecule has 0 aromatic carbocycles. The molecule has 0 amide bonds. The molecule has 15 heteroatoms. The van der Waals surface area contributed by atoms with Crippen LogP contribution in [0.15, 0.2) is 24.3 Å². The molecule has 2 rings (SSSR count). The second kappa shape index (κ2) is 35.3. The predicted molar refractivity (Wildman–Crippen MR) is 234 cm³/mol. The molecule has 15 nitrogen and oxygen atoms in total.